The highest BCUT2D eigenvalue weighted by Gasteiger charge is 2.16. The second-order valence-electron chi connectivity index (χ2n) is 6.15. The van der Waals surface area contributed by atoms with Crippen molar-refractivity contribution in [3.8, 4) is 6.19 Å². The summed E-state index contributed by atoms with van der Waals surface area (Å²) in [6.45, 7) is 4.57. The number of nitriles is 1. The lowest BCUT2D eigenvalue weighted by Gasteiger charge is -2.17. The van der Waals surface area contributed by atoms with Crippen molar-refractivity contribution in [2.24, 2.45) is 16.0 Å². The molecule has 1 fully saturated rings. The van der Waals surface area contributed by atoms with Gasteiger partial charge in [-0.2, -0.15) is 10.3 Å². The predicted molar refractivity (Wildman–Crippen MR) is 110 cm³/mol. The maximum absolute atomic E-state index is 10.1. The van der Waals surface area contributed by atoms with E-state index in [9.17, 15) is 10.1 Å². The van der Waals surface area contributed by atoms with Crippen molar-refractivity contribution >= 4 is 23.4 Å². The number of pyridine rings is 1. The molecule has 1 aromatic heterocycles. The summed E-state index contributed by atoms with van der Waals surface area (Å²) in [5.41, 5.74) is 1.02. The molecular weight excluding hydrogens is 400 g/mol. The average Bonchev–Trinajstić information content (AvgIpc) is 3.21. The second kappa shape index (κ2) is 13.2. The quantitative estimate of drug-likeness (QED) is 0.180. The van der Waals surface area contributed by atoms with Crippen molar-refractivity contribution in [1.29, 1.82) is 5.26 Å². The lowest BCUT2D eigenvalue weighted by atomic mass is 10.1. The normalized spacial score (nSPS) is 16.3. The van der Waals surface area contributed by atoms with Gasteiger partial charge >= 0.3 is 0 Å². The van der Waals surface area contributed by atoms with Gasteiger partial charge in [-0.1, -0.05) is 17.7 Å². The monoisotopic (exact) mass is 424 g/mol. The van der Waals surface area contributed by atoms with Crippen molar-refractivity contribution in [2.75, 3.05) is 33.9 Å². The van der Waals surface area contributed by atoms with Crippen LogP contribution in [0, 0.1) is 27.5 Å². The molecule has 1 aliphatic heterocycles. The Kier molecular flexibility index (Phi) is 11.0. The Balaban J connectivity index is 0.000000291. The third-order valence-electron chi connectivity index (χ3n) is 3.97. The van der Waals surface area contributed by atoms with E-state index in [4.69, 9.17) is 21.6 Å². The molecule has 0 saturated carbocycles. The molecule has 1 saturated heterocycles. The van der Waals surface area contributed by atoms with Crippen molar-refractivity contribution in [3.63, 3.8) is 0 Å². The van der Waals surface area contributed by atoms with E-state index in [2.05, 4.69) is 25.7 Å². The number of amidine groups is 1. The molecule has 12 heteroatoms. The van der Waals surface area contributed by atoms with E-state index >= 15 is 0 Å². The fourth-order valence-corrected chi connectivity index (χ4v) is 2.40. The molecule has 0 aliphatic carbocycles. The van der Waals surface area contributed by atoms with Crippen molar-refractivity contribution in [2.45, 2.75) is 19.9 Å². The molecule has 158 valence electrons. The standard InChI is InChI=1S/C10H11ClN4.C7H14N4O3/c1-8(14-7-12)15(2)6-9-3-4-10(11)13-5-9;1-8-7(10-11(12)13)9-4-6-2-3-14-5-6/h3-5H,6H2,1-2H3;6H,2-5H2,1H3,(H2,8,9,10). The van der Waals surface area contributed by atoms with Gasteiger partial charge < -0.3 is 20.3 Å². The van der Waals surface area contributed by atoms with E-state index in [1.807, 2.05) is 18.0 Å². The van der Waals surface area contributed by atoms with Crippen LogP contribution >= 0.6 is 11.6 Å². The molecule has 2 heterocycles. The number of hydrogen-bond donors (Lipinski definition) is 2. The molecule has 2 N–H and O–H groups in total. The van der Waals surface area contributed by atoms with Gasteiger partial charge in [0, 0.05) is 45.9 Å². The number of guanidine groups is 1. The highest BCUT2D eigenvalue weighted by atomic mass is 35.5. The Morgan fingerprint density at radius 3 is 2.86 bits per heavy atom. The van der Waals surface area contributed by atoms with Gasteiger partial charge in [-0.05, 0) is 25.0 Å². The average molecular weight is 425 g/mol. The zero-order valence-corrected chi connectivity index (χ0v) is 17.4. The van der Waals surface area contributed by atoms with Crippen LogP contribution in [0.4, 0.5) is 0 Å². The fraction of sp³-hybridized carbons (Fsp3) is 0.529. The first-order valence-electron chi connectivity index (χ1n) is 8.83. The third-order valence-corrected chi connectivity index (χ3v) is 4.20. The number of aromatic nitrogens is 1. The smallest absolute Gasteiger partial charge is 0.268 e. The van der Waals surface area contributed by atoms with Crippen molar-refractivity contribution in [3.05, 3.63) is 39.2 Å². The highest BCUT2D eigenvalue weighted by Crippen LogP contribution is 2.10. The summed E-state index contributed by atoms with van der Waals surface area (Å²) in [5.74, 6) is 1.27. The molecule has 1 aromatic rings. The van der Waals surface area contributed by atoms with Gasteiger partial charge in [-0.25, -0.2) is 15.1 Å². The molecule has 0 spiro atoms. The van der Waals surface area contributed by atoms with Crippen LogP contribution < -0.4 is 10.6 Å². The molecule has 1 atom stereocenters. The van der Waals surface area contributed by atoms with E-state index in [1.165, 1.54) is 0 Å². The minimum absolute atomic E-state index is 0.182. The molecule has 2 rings (SSSR count). The Labute approximate surface area is 174 Å². The fourth-order valence-electron chi connectivity index (χ4n) is 2.29. The SMILES string of the molecule is CC(=NC#N)N(C)Cc1ccc(Cl)nc1.CN/C(=N/[N+](=O)[O-])NCC1CCOC1. The van der Waals surface area contributed by atoms with Crippen LogP contribution in [0.1, 0.15) is 18.9 Å². The minimum atomic E-state index is -0.732. The number of aliphatic imine (C=N–C) groups is 1. The molecule has 0 radical (unpaired) electrons. The van der Waals surface area contributed by atoms with Crippen LogP contribution in [0.2, 0.25) is 5.15 Å². The van der Waals surface area contributed by atoms with Crippen molar-refractivity contribution in [1.82, 2.24) is 20.5 Å². The zero-order chi connectivity index (χ0) is 21.6. The molecule has 0 bridgehead atoms. The summed E-state index contributed by atoms with van der Waals surface area (Å²) in [4.78, 5) is 19.6. The zero-order valence-electron chi connectivity index (χ0n) is 16.6. The van der Waals surface area contributed by atoms with Gasteiger partial charge in [0.25, 0.3) is 5.96 Å². The topological polar surface area (TPSA) is 141 Å². The summed E-state index contributed by atoms with van der Waals surface area (Å²) in [6, 6.07) is 3.63. The lowest BCUT2D eigenvalue weighted by Crippen LogP contribution is -2.38. The summed E-state index contributed by atoms with van der Waals surface area (Å²) in [7, 11) is 3.45. The summed E-state index contributed by atoms with van der Waals surface area (Å²) in [5, 5.41) is 26.8. The highest BCUT2D eigenvalue weighted by molar-refractivity contribution is 6.29. The number of nitro groups is 1. The maximum atomic E-state index is 10.1. The first-order chi connectivity index (χ1) is 13.8. The molecule has 29 heavy (non-hydrogen) atoms. The van der Waals surface area contributed by atoms with E-state index in [0.29, 0.717) is 36.6 Å². The van der Waals surface area contributed by atoms with Crippen LogP contribution in [-0.2, 0) is 11.3 Å². The number of rotatable bonds is 5. The second-order valence-corrected chi connectivity index (χ2v) is 6.54. The number of halogens is 1. The third kappa shape index (κ3) is 10.2. The molecular formula is C17H25ClN8O3. The van der Waals surface area contributed by atoms with Crippen molar-refractivity contribution < 1.29 is 9.77 Å². The lowest BCUT2D eigenvalue weighted by molar-refractivity contribution is -0.485. The minimum Gasteiger partial charge on any atom is -0.381 e. The van der Waals surface area contributed by atoms with Gasteiger partial charge in [0.05, 0.1) is 6.61 Å². The predicted octanol–water partition coefficient (Wildman–Crippen LogP) is 1.45. The molecule has 0 amide bonds. The van der Waals surface area contributed by atoms with Crippen LogP contribution in [-0.4, -0.2) is 60.6 Å². The van der Waals surface area contributed by atoms with Gasteiger partial charge in [0.2, 0.25) is 6.19 Å². The van der Waals surface area contributed by atoms with Gasteiger partial charge in [-0.3, -0.25) is 0 Å². The molecule has 1 aliphatic rings. The molecule has 1 unspecified atom stereocenters. The molecule has 11 nitrogen and oxygen atoms in total. The first kappa shape index (κ1) is 24.1. The number of hydrazone groups is 1. The maximum Gasteiger partial charge on any atom is 0.268 e. The van der Waals surface area contributed by atoms with E-state index in [-0.39, 0.29) is 5.96 Å². The summed E-state index contributed by atoms with van der Waals surface area (Å²) < 4.78 is 5.17. The number of ether oxygens (including phenoxy) is 1. The largest absolute Gasteiger partial charge is 0.381 e. The Hall–Kier alpha value is -2.97. The van der Waals surface area contributed by atoms with Gasteiger partial charge in [0.1, 0.15) is 16.1 Å². The van der Waals surface area contributed by atoms with Crippen LogP contribution in [0.5, 0.6) is 0 Å². The van der Waals surface area contributed by atoms with Crippen LogP contribution in [0.25, 0.3) is 0 Å². The van der Waals surface area contributed by atoms with Gasteiger partial charge in [-0.15, -0.1) is 0 Å². The molecule has 0 aromatic carbocycles. The summed E-state index contributed by atoms with van der Waals surface area (Å²) >= 11 is 5.67. The number of nitrogens with one attached hydrogen (secondary N) is 2. The first-order valence-corrected chi connectivity index (χ1v) is 9.20. The van der Waals surface area contributed by atoms with Crippen LogP contribution in [0.3, 0.4) is 0 Å². The number of nitrogens with zero attached hydrogens (tertiary/aromatic N) is 6. The van der Waals surface area contributed by atoms with E-state index < -0.39 is 5.03 Å². The van der Waals surface area contributed by atoms with Gasteiger partial charge in [0.15, 0.2) is 5.03 Å². The Bertz CT molecular complexity index is 742. The Morgan fingerprint density at radius 1 is 1.59 bits per heavy atom. The number of hydrogen-bond acceptors (Lipinski definition) is 6. The van der Waals surface area contributed by atoms with Crippen LogP contribution in [0.15, 0.2) is 28.4 Å². The summed E-state index contributed by atoms with van der Waals surface area (Å²) in [6.07, 6.45) is 4.45. The van der Waals surface area contributed by atoms with E-state index in [0.717, 1.165) is 18.6 Å². The van der Waals surface area contributed by atoms with E-state index in [1.54, 1.807) is 32.4 Å². The Morgan fingerprint density at radius 2 is 2.34 bits per heavy atom.